The summed E-state index contributed by atoms with van der Waals surface area (Å²) in [6, 6.07) is 2.27. The van der Waals surface area contributed by atoms with Crippen LogP contribution in [-0.4, -0.2) is 25.0 Å². The molecule has 3 nitrogen and oxygen atoms in total. The largest absolute Gasteiger partial charge is 0.350 e. The lowest BCUT2D eigenvalue weighted by molar-refractivity contribution is 0.0950. The molecule has 1 unspecified atom stereocenters. The molecule has 0 aliphatic carbocycles. The van der Waals surface area contributed by atoms with Gasteiger partial charge in [-0.05, 0) is 57.3 Å². The third-order valence-electron chi connectivity index (χ3n) is 2.57. The highest BCUT2D eigenvalue weighted by atomic mass is 79.9. The highest BCUT2D eigenvalue weighted by Crippen LogP contribution is 2.31. The van der Waals surface area contributed by atoms with Gasteiger partial charge in [-0.2, -0.15) is 0 Å². The summed E-state index contributed by atoms with van der Waals surface area (Å²) in [6.45, 7) is 1.77. The van der Waals surface area contributed by atoms with E-state index in [4.69, 9.17) is 0 Å². The van der Waals surface area contributed by atoms with Crippen LogP contribution in [0.5, 0.6) is 0 Å². The second-order valence-electron chi connectivity index (χ2n) is 3.74. The maximum atomic E-state index is 11.9. The van der Waals surface area contributed by atoms with E-state index in [2.05, 4.69) is 42.5 Å². The lowest BCUT2D eigenvalue weighted by Gasteiger charge is -2.10. The van der Waals surface area contributed by atoms with Gasteiger partial charge in [0.2, 0.25) is 0 Å². The highest BCUT2D eigenvalue weighted by Gasteiger charge is 2.17. The summed E-state index contributed by atoms with van der Waals surface area (Å²) in [5.74, 6) is -0.0116. The maximum absolute atomic E-state index is 11.9. The zero-order chi connectivity index (χ0) is 11.5. The first-order chi connectivity index (χ1) is 7.66. The van der Waals surface area contributed by atoms with Crippen molar-refractivity contribution in [2.24, 2.45) is 0 Å². The van der Waals surface area contributed by atoms with Crippen LogP contribution in [0.25, 0.3) is 0 Å². The molecule has 0 spiro atoms. The van der Waals surface area contributed by atoms with E-state index >= 15 is 0 Å². The first kappa shape index (κ1) is 15.4. The summed E-state index contributed by atoms with van der Waals surface area (Å²) in [6.07, 6.45) is 2.35. The lowest BCUT2D eigenvalue weighted by Crippen LogP contribution is -2.37. The van der Waals surface area contributed by atoms with Crippen LogP contribution < -0.4 is 10.6 Å². The first-order valence-electron chi connectivity index (χ1n) is 5.13. The predicted octanol–water partition coefficient (Wildman–Crippen LogP) is 3.18. The summed E-state index contributed by atoms with van der Waals surface area (Å²) in [7, 11) is 0. The number of thiophene rings is 1. The van der Waals surface area contributed by atoms with Crippen molar-refractivity contribution in [1.29, 1.82) is 0 Å². The molecular formula is C10H13Br2ClN2OS. The molecule has 17 heavy (non-hydrogen) atoms. The van der Waals surface area contributed by atoms with Gasteiger partial charge in [-0.25, -0.2) is 0 Å². The minimum absolute atomic E-state index is 0. The summed E-state index contributed by atoms with van der Waals surface area (Å²) in [5.41, 5.74) is 0.704. The summed E-state index contributed by atoms with van der Waals surface area (Å²) >= 11 is 8.26. The normalized spacial score (nSPS) is 18.8. The van der Waals surface area contributed by atoms with Gasteiger partial charge < -0.3 is 10.6 Å². The molecule has 1 amide bonds. The molecule has 0 bridgehead atoms. The minimum Gasteiger partial charge on any atom is -0.350 e. The Balaban J connectivity index is 0.00000144. The minimum atomic E-state index is -0.0116. The van der Waals surface area contributed by atoms with Crippen LogP contribution in [0.2, 0.25) is 0 Å². The molecular weight excluding hydrogens is 391 g/mol. The predicted molar refractivity (Wildman–Crippen MR) is 80.3 cm³/mol. The Morgan fingerprint density at radius 2 is 2.35 bits per heavy atom. The number of amides is 1. The van der Waals surface area contributed by atoms with Gasteiger partial charge in [0.05, 0.1) is 13.1 Å². The molecule has 0 radical (unpaired) electrons. The molecule has 2 rings (SSSR count). The fraction of sp³-hybridized carbons (Fsp3) is 0.500. The topological polar surface area (TPSA) is 41.1 Å². The number of halogens is 3. The SMILES string of the molecule is Cl.O=C(NCC1CCCN1)c1cc(Br)sc1Br. The van der Waals surface area contributed by atoms with Crippen molar-refractivity contribution in [3.63, 3.8) is 0 Å². The summed E-state index contributed by atoms with van der Waals surface area (Å²) in [4.78, 5) is 11.9. The molecule has 1 saturated heterocycles. The Hall–Kier alpha value is 0.380. The molecule has 1 fully saturated rings. The Morgan fingerprint density at radius 3 is 2.88 bits per heavy atom. The van der Waals surface area contributed by atoms with Crippen LogP contribution in [0.15, 0.2) is 13.6 Å². The van der Waals surface area contributed by atoms with Gasteiger partial charge in [0.1, 0.15) is 0 Å². The van der Waals surface area contributed by atoms with Crippen molar-refractivity contribution >= 4 is 61.5 Å². The van der Waals surface area contributed by atoms with Crippen molar-refractivity contribution in [2.45, 2.75) is 18.9 Å². The van der Waals surface area contributed by atoms with E-state index < -0.39 is 0 Å². The van der Waals surface area contributed by atoms with Crippen LogP contribution in [0.3, 0.4) is 0 Å². The van der Waals surface area contributed by atoms with Gasteiger partial charge in [-0.3, -0.25) is 4.79 Å². The van der Waals surface area contributed by atoms with Crippen LogP contribution in [0.4, 0.5) is 0 Å². The van der Waals surface area contributed by atoms with E-state index in [1.807, 2.05) is 6.07 Å². The van der Waals surface area contributed by atoms with Gasteiger partial charge in [0.25, 0.3) is 5.91 Å². The molecule has 96 valence electrons. The number of hydrogen-bond acceptors (Lipinski definition) is 3. The van der Waals surface area contributed by atoms with Crippen LogP contribution in [-0.2, 0) is 0 Å². The zero-order valence-corrected chi connectivity index (χ0v) is 13.8. The Bertz CT molecular complexity index is 394. The maximum Gasteiger partial charge on any atom is 0.253 e. The van der Waals surface area contributed by atoms with Gasteiger partial charge >= 0.3 is 0 Å². The Labute approximate surface area is 127 Å². The van der Waals surface area contributed by atoms with Crippen LogP contribution in [0, 0.1) is 0 Å². The molecule has 7 heteroatoms. The van der Waals surface area contributed by atoms with E-state index in [9.17, 15) is 4.79 Å². The molecule has 2 heterocycles. The number of hydrogen-bond donors (Lipinski definition) is 2. The molecule has 0 aromatic carbocycles. The first-order valence-corrected chi connectivity index (χ1v) is 7.53. The fourth-order valence-electron chi connectivity index (χ4n) is 1.74. The highest BCUT2D eigenvalue weighted by molar-refractivity contribution is 9.12. The van der Waals surface area contributed by atoms with Crippen molar-refractivity contribution < 1.29 is 4.79 Å². The molecule has 1 atom stereocenters. The Kier molecular flexibility index (Phi) is 6.44. The van der Waals surface area contributed by atoms with E-state index in [0.717, 1.165) is 20.5 Å². The zero-order valence-electron chi connectivity index (χ0n) is 8.96. The smallest absolute Gasteiger partial charge is 0.253 e. The third-order valence-corrected chi connectivity index (χ3v) is 4.91. The van der Waals surface area contributed by atoms with E-state index in [0.29, 0.717) is 18.2 Å². The number of rotatable bonds is 3. The standard InChI is InChI=1S/C10H12Br2N2OS.ClH/c11-8-4-7(9(12)16-8)10(15)14-5-6-2-1-3-13-6;/h4,6,13H,1-3,5H2,(H,14,15);1H. The monoisotopic (exact) mass is 402 g/mol. The van der Waals surface area contributed by atoms with Crippen LogP contribution in [0.1, 0.15) is 23.2 Å². The molecule has 2 N–H and O–H groups in total. The number of carbonyl (C=O) groups is 1. The number of nitrogens with one attached hydrogen (secondary N) is 2. The van der Waals surface area contributed by atoms with E-state index in [1.54, 1.807) is 0 Å². The fourth-order valence-corrected chi connectivity index (χ4v) is 4.53. The molecule has 1 aromatic heterocycles. The van der Waals surface area contributed by atoms with E-state index in [1.165, 1.54) is 17.8 Å². The van der Waals surface area contributed by atoms with Gasteiger partial charge in [0, 0.05) is 12.6 Å². The molecule has 1 aliphatic heterocycles. The Morgan fingerprint density at radius 1 is 1.59 bits per heavy atom. The number of carbonyl (C=O) groups excluding carboxylic acids is 1. The summed E-state index contributed by atoms with van der Waals surface area (Å²) in [5, 5.41) is 6.30. The van der Waals surface area contributed by atoms with E-state index in [-0.39, 0.29) is 18.3 Å². The van der Waals surface area contributed by atoms with Crippen molar-refractivity contribution in [3.8, 4) is 0 Å². The molecule has 1 aliphatic rings. The molecule has 1 aromatic rings. The molecule has 0 saturated carbocycles. The van der Waals surface area contributed by atoms with Gasteiger partial charge in [-0.15, -0.1) is 23.7 Å². The second-order valence-corrected chi connectivity index (χ2v) is 7.49. The van der Waals surface area contributed by atoms with Crippen molar-refractivity contribution in [2.75, 3.05) is 13.1 Å². The quantitative estimate of drug-likeness (QED) is 0.813. The third kappa shape index (κ3) is 4.21. The van der Waals surface area contributed by atoms with Crippen LogP contribution >= 0.6 is 55.6 Å². The summed E-state index contributed by atoms with van der Waals surface area (Å²) < 4.78 is 1.83. The second kappa shape index (κ2) is 7.09. The van der Waals surface area contributed by atoms with Gasteiger partial charge in [-0.1, -0.05) is 0 Å². The van der Waals surface area contributed by atoms with Crippen molar-refractivity contribution in [1.82, 2.24) is 10.6 Å². The van der Waals surface area contributed by atoms with Crippen molar-refractivity contribution in [3.05, 3.63) is 19.2 Å². The lowest BCUT2D eigenvalue weighted by atomic mass is 10.2. The van der Waals surface area contributed by atoms with Gasteiger partial charge in [0.15, 0.2) is 0 Å². The average molecular weight is 405 g/mol. The average Bonchev–Trinajstić information content (AvgIpc) is 2.84.